The first kappa shape index (κ1) is 18.2. The fourth-order valence-electron chi connectivity index (χ4n) is 2.93. The van der Waals surface area contributed by atoms with Crippen LogP contribution in [0.4, 0.5) is 11.5 Å². The molecule has 1 fully saturated rings. The van der Waals surface area contributed by atoms with Gasteiger partial charge in [0, 0.05) is 19.5 Å². The van der Waals surface area contributed by atoms with Gasteiger partial charge in [-0.2, -0.15) is 0 Å². The zero-order valence-electron chi connectivity index (χ0n) is 15.1. The molecule has 0 spiro atoms. The van der Waals surface area contributed by atoms with Gasteiger partial charge in [-0.3, -0.25) is 4.79 Å². The molecular weight excluding hydrogens is 330 g/mol. The standard InChI is InChI=1S/C20H25N3O3/c1-2-26-18-6-4-3-5-16(18)7-10-20(24)22-19-9-8-17(15-21-19)23-11-13-25-14-12-23/h3-6,8-9,15H,2,7,10-14H2,1H3,(H,21,22,24). The third-order valence-corrected chi connectivity index (χ3v) is 4.29. The third-order valence-electron chi connectivity index (χ3n) is 4.29. The molecule has 6 nitrogen and oxygen atoms in total. The fourth-order valence-corrected chi connectivity index (χ4v) is 2.93. The van der Waals surface area contributed by atoms with E-state index < -0.39 is 0 Å². The second-order valence-electron chi connectivity index (χ2n) is 6.09. The molecule has 1 saturated heterocycles. The Balaban J connectivity index is 1.52. The molecule has 1 N–H and O–H groups in total. The molecule has 0 aliphatic carbocycles. The minimum Gasteiger partial charge on any atom is -0.494 e. The number of anilines is 2. The summed E-state index contributed by atoms with van der Waals surface area (Å²) in [5.41, 5.74) is 2.09. The lowest BCUT2D eigenvalue weighted by molar-refractivity contribution is -0.116. The topological polar surface area (TPSA) is 63.7 Å². The number of aromatic nitrogens is 1. The summed E-state index contributed by atoms with van der Waals surface area (Å²) < 4.78 is 11.0. The van der Waals surface area contributed by atoms with Gasteiger partial charge in [0.15, 0.2) is 0 Å². The Bertz CT molecular complexity index is 712. The maximum absolute atomic E-state index is 12.2. The van der Waals surface area contributed by atoms with Gasteiger partial charge in [-0.05, 0) is 37.1 Å². The number of amides is 1. The van der Waals surface area contributed by atoms with Crippen LogP contribution in [0.3, 0.4) is 0 Å². The molecule has 0 radical (unpaired) electrons. The molecule has 2 heterocycles. The Morgan fingerprint density at radius 2 is 2.04 bits per heavy atom. The number of carbonyl (C=O) groups excluding carboxylic acids is 1. The van der Waals surface area contributed by atoms with E-state index in [0.717, 1.165) is 43.3 Å². The van der Waals surface area contributed by atoms with E-state index in [2.05, 4.69) is 15.2 Å². The van der Waals surface area contributed by atoms with Crippen LogP contribution in [0, 0.1) is 0 Å². The number of ether oxygens (including phenoxy) is 2. The summed E-state index contributed by atoms with van der Waals surface area (Å²) in [6, 6.07) is 11.7. The number of benzene rings is 1. The SMILES string of the molecule is CCOc1ccccc1CCC(=O)Nc1ccc(N2CCOCC2)cn1. The zero-order chi connectivity index (χ0) is 18.2. The smallest absolute Gasteiger partial charge is 0.225 e. The first-order valence-corrected chi connectivity index (χ1v) is 9.05. The van der Waals surface area contributed by atoms with E-state index in [1.54, 1.807) is 6.20 Å². The van der Waals surface area contributed by atoms with E-state index in [9.17, 15) is 4.79 Å². The molecule has 26 heavy (non-hydrogen) atoms. The van der Waals surface area contributed by atoms with E-state index in [0.29, 0.717) is 25.3 Å². The van der Waals surface area contributed by atoms with Crippen LogP contribution in [0.2, 0.25) is 0 Å². The summed E-state index contributed by atoms with van der Waals surface area (Å²) in [5, 5.41) is 2.86. The molecule has 138 valence electrons. The number of rotatable bonds is 7. The molecule has 1 aliphatic rings. The van der Waals surface area contributed by atoms with Gasteiger partial charge >= 0.3 is 0 Å². The van der Waals surface area contributed by atoms with Crippen LogP contribution in [0.25, 0.3) is 0 Å². The predicted molar refractivity (Wildman–Crippen MR) is 102 cm³/mol. The predicted octanol–water partition coefficient (Wildman–Crippen LogP) is 2.89. The Hall–Kier alpha value is -2.60. The van der Waals surface area contributed by atoms with Crippen molar-refractivity contribution in [1.82, 2.24) is 4.98 Å². The molecule has 0 atom stereocenters. The summed E-state index contributed by atoms with van der Waals surface area (Å²) in [6.45, 7) is 5.78. The van der Waals surface area contributed by atoms with Crippen molar-refractivity contribution in [2.24, 2.45) is 0 Å². The summed E-state index contributed by atoms with van der Waals surface area (Å²) in [7, 11) is 0. The van der Waals surface area contributed by atoms with Gasteiger partial charge in [0.2, 0.25) is 5.91 Å². The van der Waals surface area contributed by atoms with E-state index in [4.69, 9.17) is 9.47 Å². The van der Waals surface area contributed by atoms with E-state index in [1.807, 2.05) is 43.3 Å². The van der Waals surface area contributed by atoms with Crippen molar-refractivity contribution in [1.29, 1.82) is 0 Å². The monoisotopic (exact) mass is 355 g/mol. The maximum atomic E-state index is 12.2. The second-order valence-corrected chi connectivity index (χ2v) is 6.09. The molecular formula is C20H25N3O3. The number of hydrogen-bond acceptors (Lipinski definition) is 5. The van der Waals surface area contributed by atoms with Gasteiger partial charge in [-0.15, -0.1) is 0 Å². The number of hydrogen-bond donors (Lipinski definition) is 1. The molecule has 2 aromatic rings. The van der Waals surface area contributed by atoms with Crippen molar-refractivity contribution in [3.05, 3.63) is 48.2 Å². The lowest BCUT2D eigenvalue weighted by atomic mass is 10.1. The quantitative estimate of drug-likeness (QED) is 0.827. The number of pyridine rings is 1. The first-order chi connectivity index (χ1) is 12.8. The minimum absolute atomic E-state index is 0.0528. The average Bonchev–Trinajstić information content (AvgIpc) is 2.69. The normalized spacial score (nSPS) is 14.1. The van der Waals surface area contributed by atoms with Crippen LogP contribution in [0.5, 0.6) is 5.75 Å². The Kier molecular flexibility index (Phi) is 6.44. The van der Waals surface area contributed by atoms with Gasteiger partial charge in [0.25, 0.3) is 0 Å². The van der Waals surface area contributed by atoms with Gasteiger partial charge < -0.3 is 19.7 Å². The highest BCUT2D eigenvalue weighted by molar-refractivity contribution is 5.90. The van der Waals surface area contributed by atoms with Crippen LogP contribution in [0.15, 0.2) is 42.6 Å². The van der Waals surface area contributed by atoms with Crippen LogP contribution in [-0.2, 0) is 16.0 Å². The highest BCUT2D eigenvalue weighted by atomic mass is 16.5. The molecule has 1 aromatic heterocycles. The van der Waals surface area contributed by atoms with Crippen LogP contribution in [0.1, 0.15) is 18.9 Å². The highest BCUT2D eigenvalue weighted by Crippen LogP contribution is 2.20. The van der Waals surface area contributed by atoms with Crippen molar-refractivity contribution in [2.75, 3.05) is 43.1 Å². The largest absolute Gasteiger partial charge is 0.494 e. The van der Waals surface area contributed by atoms with E-state index in [1.165, 1.54) is 0 Å². The molecule has 3 rings (SSSR count). The fraction of sp³-hybridized carbons (Fsp3) is 0.400. The number of morpholine rings is 1. The molecule has 0 unspecified atom stereocenters. The van der Waals surface area contributed by atoms with E-state index in [-0.39, 0.29) is 5.91 Å². The highest BCUT2D eigenvalue weighted by Gasteiger charge is 2.12. The molecule has 1 amide bonds. The summed E-state index contributed by atoms with van der Waals surface area (Å²) in [5.74, 6) is 1.36. The number of nitrogens with one attached hydrogen (secondary N) is 1. The summed E-state index contributed by atoms with van der Waals surface area (Å²) in [4.78, 5) is 18.8. The van der Waals surface area contributed by atoms with E-state index >= 15 is 0 Å². The molecule has 0 saturated carbocycles. The lowest BCUT2D eigenvalue weighted by Gasteiger charge is -2.28. The lowest BCUT2D eigenvalue weighted by Crippen LogP contribution is -2.36. The average molecular weight is 355 g/mol. The molecule has 1 aromatic carbocycles. The summed E-state index contributed by atoms with van der Waals surface area (Å²) in [6.07, 6.45) is 2.82. The number of carbonyl (C=O) groups is 1. The second kappa shape index (κ2) is 9.20. The number of aryl methyl sites for hydroxylation is 1. The Labute approximate surface area is 154 Å². The molecule has 6 heteroatoms. The Morgan fingerprint density at radius 3 is 2.77 bits per heavy atom. The summed E-state index contributed by atoms with van der Waals surface area (Å²) >= 11 is 0. The van der Waals surface area contributed by atoms with Gasteiger partial charge in [0.05, 0.1) is 31.7 Å². The van der Waals surface area contributed by atoms with Gasteiger partial charge in [0.1, 0.15) is 11.6 Å². The van der Waals surface area contributed by atoms with Crippen molar-refractivity contribution < 1.29 is 14.3 Å². The minimum atomic E-state index is -0.0528. The van der Waals surface area contributed by atoms with Crippen molar-refractivity contribution in [3.8, 4) is 5.75 Å². The van der Waals surface area contributed by atoms with Gasteiger partial charge in [-0.25, -0.2) is 4.98 Å². The van der Waals surface area contributed by atoms with Crippen LogP contribution < -0.4 is 15.0 Å². The van der Waals surface area contributed by atoms with Crippen LogP contribution in [-0.4, -0.2) is 43.8 Å². The molecule has 0 bridgehead atoms. The van der Waals surface area contributed by atoms with Crippen molar-refractivity contribution >= 4 is 17.4 Å². The molecule has 1 aliphatic heterocycles. The zero-order valence-corrected chi connectivity index (χ0v) is 15.1. The Morgan fingerprint density at radius 1 is 1.23 bits per heavy atom. The van der Waals surface area contributed by atoms with Gasteiger partial charge in [-0.1, -0.05) is 18.2 Å². The third kappa shape index (κ3) is 4.95. The van der Waals surface area contributed by atoms with Crippen molar-refractivity contribution in [2.45, 2.75) is 19.8 Å². The number of para-hydroxylation sites is 1. The maximum Gasteiger partial charge on any atom is 0.225 e. The number of nitrogens with zero attached hydrogens (tertiary/aromatic N) is 2. The first-order valence-electron chi connectivity index (χ1n) is 9.05. The van der Waals surface area contributed by atoms with Crippen molar-refractivity contribution in [3.63, 3.8) is 0 Å². The van der Waals surface area contributed by atoms with Crippen LogP contribution >= 0.6 is 0 Å².